The van der Waals surface area contributed by atoms with Gasteiger partial charge in [-0.25, -0.2) is 4.39 Å². The maximum Gasteiger partial charge on any atom is 0.123 e. The summed E-state index contributed by atoms with van der Waals surface area (Å²) in [6.45, 7) is 5.99. The Labute approximate surface area is 126 Å². The molecule has 0 saturated heterocycles. The van der Waals surface area contributed by atoms with Gasteiger partial charge in [-0.1, -0.05) is 26.3 Å². The molecule has 0 spiro atoms. The second-order valence-corrected chi connectivity index (χ2v) is 5.39. The van der Waals surface area contributed by atoms with Gasteiger partial charge in [-0.2, -0.15) is 5.10 Å². The monoisotopic (exact) mass is 289 g/mol. The first-order valence-electron chi connectivity index (χ1n) is 7.67. The highest BCUT2D eigenvalue weighted by Crippen LogP contribution is 2.28. The molecule has 0 radical (unpaired) electrons. The van der Waals surface area contributed by atoms with Crippen molar-refractivity contribution >= 4 is 0 Å². The summed E-state index contributed by atoms with van der Waals surface area (Å²) in [5.41, 5.74) is 4.17. The molecule has 21 heavy (non-hydrogen) atoms. The zero-order chi connectivity index (χ0) is 15.2. The van der Waals surface area contributed by atoms with E-state index in [4.69, 9.17) is 0 Å². The van der Waals surface area contributed by atoms with Gasteiger partial charge in [0.1, 0.15) is 5.82 Å². The number of aryl methyl sites for hydroxylation is 2. The first-order valence-corrected chi connectivity index (χ1v) is 7.67. The van der Waals surface area contributed by atoms with Crippen LogP contribution in [0.25, 0.3) is 11.1 Å². The summed E-state index contributed by atoms with van der Waals surface area (Å²) < 4.78 is 15.5. The molecular weight excluding hydrogens is 265 g/mol. The minimum Gasteiger partial charge on any atom is -0.313 e. The number of rotatable bonds is 7. The highest BCUT2D eigenvalue weighted by molar-refractivity contribution is 5.69. The molecule has 0 amide bonds. The van der Waals surface area contributed by atoms with Gasteiger partial charge >= 0.3 is 0 Å². The number of halogens is 1. The molecule has 0 aliphatic carbocycles. The first-order chi connectivity index (χ1) is 10.2. The van der Waals surface area contributed by atoms with E-state index in [2.05, 4.69) is 24.3 Å². The molecule has 0 aliphatic heterocycles. The Hall–Kier alpha value is -1.68. The Bertz CT molecular complexity index is 590. The van der Waals surface area contributed by atoms with E-state index in [1.54, 1.807) is 6.07 Å². The molecule has 1 aromatic heterocycles. The number of aromatic nitrogens is 2. The third-order valence-corrected chi connectivity index (χ3v) is 3.50. The van der Waals surface area contributed by atoms with Crippen LogP contribution in [-0.4, -0.2) is 16.3 Å². The highest BCUT2D eigenvalue weighted by Gasteiger charge is 2.13. The summed E-state index contributed by atoms with van der Waals surface area (Å²) in [6.07, 6.45) is 5.02. The topological polar surface area (TPSA) is 29.9 Å². The first kappa shape index (κ1) is 15.7. The van der Waals surface area contributed by atoms with E-state index in [0.29, 0.717) is 0 Å². The quantitative estimate of drug-likeness (QED) is 0.788. The van der Waals surface area contributed by atoms with Gasteiger partial charge in [-0.3, -0.25) is 4.68 Å². The predicted octanol–water partition coefficient (Wildman–Crippen LogP) is 3.68. The minimum atomic E-state index is -0.199. The van der Waals surface area contributed by atoms with Crippen LogP contribution in [0.1, 0.15) is 37.9 Å². The molecule has 0 unspecified atom stereocenters. The Balaban J connectivity index is 2.39. The van der Waals surface area contributed by atoms with Crippen LogP contribution in [0, 0.1) is 5.82 Å². The summed E-state index contributed by atoms with van der Waals surface area (Å²) >= 11 is 0. The normalized spacial score (nSPS) is 11.0. The van der Waals surface area contributed by atoms with Crippen molar-refractivity contribution in [2.24, 2.45) is 7.05 Å². The molecule has 1 aromatic carbocycles. The lowest BCUT2D eigenvalue weighted by Gasteiger charge is -2.11. The molecule has 3 nitrogen and oxygen atoms in total. The number of hydrogen-bond donors (Lipinski definition) is 1. The minimum absolute atomic E-state index is 0.199. The average molecular weight is 289 g/mol. The van der Waals surface area contributed by atoms with Gasteiger partial charge in [0.2, 0.25) is 0 Å². The van der Waals surface area contributed by atoms with Crippen molar-refractivity contribution in [3.8, 4) is 11.1 Å². The van der Waals surface area contributed by atoms with E-state index in [1.165, 1.54) is 6.07 Å². The van der Waals surface area contributed by atoms with Gasteiger partial charge in [0.15, 0.2) is 0 Å². The second kappa shape index (κ2) is 7.36. The number of hydrogen-bond acceptors (Lipinski definition) is 2. The average Bonchev–Trinajstić information content (AvgIpc) is 2.82. The molecule has 0 bridgehead atoms. The van der Waals surface area contributed by atoms with Crippen molar-refractivity contribution < 1.29 is 4.39 Å². The zero-order valence-electron chi connectivity index (χ0n) is 13.1. The molecule has 1 heterocycles. The summed E-state index contributed by atoms with van der Waals surface area (Å²) in [6, 6.07) is 5.03. The zero-order valence-corrected chi connectivity index (χ0v) is 13.1. The summed E-state index contributed by atoms with van der Waals surface area (Å²) in [4.78, 5) is 0. The van der Waals surface area contributed by atoms with Crippen molar-refractivity contribution in [3.63, 3.8) is 0 Å². The van der Waals surface area contributed by atoms with Gasteiger partial charge in [0, 0.05) is 25.4 Å². The number of nitrogens with zero attached hydrogens (tertiary/aromatic N) is 2. The smallest absolute Gasteiger partial charge is 0.123 e. The Kier molecular flexibility index (Phi) is 5.51. The maximum absolute atomic E-state index is 13.7. The van der Waals surface area contributed by atoms with Crippen LogP contribution in [0.4, 0.5) is 4.39 Å². The van der Waals surface area contributed by atoms with E-state index in [-0.39, 0.29) is 5.82 Å². The van der Waals surface area contributed by atoms with E-state index in [1.807, 2.05) is 24.0 Å². The lowest BCUT2D eigenvalue weighted by molar-refractivity contribution is 0.625. The standard InChI is InChI=1S/C17H24FN3/c1-4-6-17-16(12-21(3)20-17)15-10-14(18)8-7-13(15)11-19-9-5-2/h7-8,10,12,19H,4-6,9,11H2,1-3H3. The fourth-order valence-corrected chi connectivity index (χ4v) is 2.53. The van der Waals surface area contributed by atoms with Crippen molar-refractivity contribution in [1.82, 2.24) is 15.1 Å². The maximum atomic E-state index is 13.7. The Morgan fingerprint density at radius 3 is 2.71 bits per heavy atom. The largest absolute Gasteiger partial charge is 0.313 e. The summed E-state index contributed by atoms with van der Waals surface area (Å²) in [7, 11) is 1.91. The molecule has 2 rings (SSSR count). The summed E-state index contributed by atoms with van der Waals surface area (Å²) in [5, 5.41) is 7.91. The van der Waals surface area contributed by atoms with E-state index < -0.39 is 0 Å². The molecule has 2 aromatic rings. The highest BCUT2D eigenvalue weighted by atomic mass is 19.1. The summed E-state index contributed by atoms with van der Waals surface area (Å²) in [5.74, 6) is -0.199. The van der Waals surface area contributed by atoms with Crippen LogP contribution < -0.4 is 5.32 Å². The Morgan fingerprint density at radius 2 is 2.00 bits per heavy atom. The second-order valence-electron chi connectivity index (χ2n) is 5.39. The van der Waals surface area contributed by atoms with Crippen LogP contribution >= 0.6 is 0 Å². The van der Waals surface area contributed by atoms with Gasteiger partial charge < -0.3 is 5.32 Å². The van der Waals surface area contributed by atoms with Gasteiger partial charge in [-0.05, 0) is 42.6 Å². The van der Waals surface area contributed by atoms with Crippen LogP contribution in [0.3, 0.4) is 0 Å². The molecule has 0 fully saturated rings. The van der Waals surface area contributed by atoms with Crippen molar-refractivity contribution in [2.75, 3.05) is 6.54 Å². The van der Waals surface area contributed by atoms with Gasteiger partial charge in [-0.15, -0.1) is 0 Å². The molecule has 0 saturated carbocycles. The fourth-order valence-electron chi connectivity index (χ4n) is 2.53. The SMILES string of the molecule is CCCNCc1ccc(F)cc1-c1cn(C)nc1CCC. The van der Waals surface area contributed by atoms with Crippen molar-refractivity contribution in [1.29, 1.82) is 0 Å². The molecule has 114 valence electrons. The molecule has 4 heteroatoms. The van der Waals surface area contributed by atoms with Crippen LogP contribution in [0.15, 0.2) is 24.4 Å². The van der Waals surface area contributed by atoms with Gasteiger partial charge in [0.05, 0.1) is 5.69 Å². The lowest BCUT2D eigenvalue weighted by Crippen LogP contribution is -2.14. The third kappa shape index (κ3) is 3.91. The Morgan fingerprint density at radius 1 is 1.19 bits per heavy atom. The van der Waals surface area contributed by atoms with E-state index in [0.717, 1.165) is 54.7 Å². The number of nitrogens with one attached hydrogen (secondary N) is 1. The number of benzene rings is 1. The van der Waals surface area contributed by atoms with Gasteiger partial charge in [0.25, 0.3) is 0 Å². The fraction of sp³-hybridized carbons (Fsp3) is 0.471. The molecule has 1 N–H and O–H groups in total. The van der Waals surface area contributed by atoms with Crippen LogP contribution in [-0.2, 0) is 20.0 Å². The molecule has 0 aliphatic rings. The lowest BCUT2D eigenvalue weighted by atomic mass is 9.98. The van der Waals surface area contributed by atoms with Crippen LogP contribution in [0.2, 0.25) is 0 Å². The van der Waals surface area contributed by atoms with Crippen molar-refractivity contribution in [3.05, 3.63) is 41.5 Å². The molecule has 0 atom stereocenters. The third-order valence-electron chi connectivity index (χ3n) is 3.50. The van der Waals surface area contributed by atoms with E-state index in [9.17, 15) is 4.39 Å². The molecular formula is C17H24FN3. The van der Waals surface area contributed by atoms with Crippen LogP contribution in [0.5, 0.6) is 0 Å². The predicted molar refractivity (Wildman–Crippen MR) is 84.6 cm³/mol. The van der Waals surface area contributed by atoms with Crippen molar-refractivity contribution in [2.45, 2.75) is 39.7 Å². The van der Waals surface area contributed by atoms with E-state index >= 15 is 0 Å².